The largest absolute Gasteiger partial charge is 0.497 e. The van der Waals surface area contributed by atoms with E-state index in [0.717, 1.165) is 25.3 Å². The Bertz CT molecular complexity index is 508. The van der Waals surface area contributed by atoms with Crippen LogP contribution in [0.5, 0.6) is 5.75 Å². The third-order valence-corrected chi connectivity index (χ3v) is 4.16. The third kappa shape index (κ3) is 4.47. The van der Waals surface area contributed by atoms with Gasteiger partial charge in [-0.15, -0.1) is 0 Å². The van der Waals surface area contributed by atoms with Gasteiger partial charge in [-0.2, -0.15) is 0 Å². The molecule has 1 aromatic rings. The van der Waals surface area contributed by atoms with Gasteiger partial charge >= 0.3 is 0 Å². The molecule has 0 radical (unpaired) electrons. The highest BCUT2D eigenvalue weighted by molar-refractivity contribution is 5.82. The Balaban J connectivity index is 1.82. The second-order valence-corrected chi connectivity index (χ2v) is 7.34. The van der Waals surface area contributed by atoms with Crippen molar-refractivity contribution in [2.75, 3.05) is 34.3 Å². The molecule has 1 aromatic carbocycles. The molecule has 1 saturated carbocycles. The Morgan fingerprint density at radius 3 is 2.50 bits per heavy atom. The minimum Gasteiger partial charge on any atom is -0.497 e. The first-order chi connectivity index (χ1) is 10.3. The van der Waals surface area contributed by atoms with Crippen molar-refractivity contribution >= 4 is 5.91 Å². The highest BCUT2D eigenvalue weighted by atomic mass is 16.5. The van der Waals surface area contributed by atoms with E-state index < -0.39 is 0 Å². The summed E-state index contributed by atoms with van der Waals surface area (Å²) in [6, 6.07) is 8.05. The van der Waals surface area contributed by atoms with E-state index in [1.807, 2.05) is 12.1 Å². The van der Waals surface area contributed by atoms with Gasteiger partial charge in [0.15, 0.2) is 0 Å². The van der Waals surface area contributed by atoms with E-state index in [4.69, 9.17) is 4.74 Å². The van der Waals surface area contributed by atoms with Crippen LogP contribution < -0.4 is 10.1 Å². The Hall–Kier alpha value is -1.55. The normalized spacial score (nSPS) is 20.8. The molecule has 0 aromatic heterocycles. The fourth-order valence-corrected chi connectivity index (χ4v) is 3.07. The minimum atomic E-state index is 0.0870. The maximum absolute atomic E-state index is 12.3. The molecule has 1 fully saturated rings. The van der Waals surface area contributed by atoms with Gasteiger partial charge in [0, 0.05) is 19.0 Å². The summed E-state index contributed by atoms with van der Waals surface area (Å²) in [7, 11) is 5.78. The van der Waals surface area contributed by atoms with Crippen LogP contribution in [-0.2, 0) is 4.79 Å². The third-order valence-electron chi connectivity index (χ3n) is 4.16. The number of amides is 1. The van der Waals surface area contributed by atoms with E-state index in [-0.39, 0.29) is 17.2 Å². The van der Waals surface area contributed by atoms with Crippen molar-refractivity contribution < 1.29 is 9.53 Å². The van der Waals surface area contributed by atoms with E-state index in [0.29, 0.717) is 5.92 Å². The molecule has 4 nitrogen and oxygen atoms in total. The molecule has 0 bridgehead atoms. The summed E-state index contributed by atoms with van der Waals surface area (Å²) in [5, 5.41) is 3.12. The second kappa shape index (κ2) is 6.69. The molecule has 0 saturated heterocycles. The van der Waals surface area contributed by atoms with Gasteiger partial charge in [-0.05, 0) is 49.5 Å². The standard InChI is InChI=1S/C18H28N2O2/c1-18(2,12-20(3)4)11-19-17(21)16-10-15(16)13-6-8-14(22-5)9-7-13/h6-9,15-16H,10-12H2,1-5H3,(H,19,21)/t15-,16+/m0/s1. The zero-order valence-corrected chi connectivity index (χ0v) is 14.3. The van der Waals surface area contributed by atoms with Crippen LogP contribution >= 0.6 is 0 Å². The number of hydrogen-bond acceptors (Lipinski definition) is 3. The zero-order valence-electron chi connectivity index (χ0n) is 14.3. The first kappa shape index (κ1) is 16.8. The van der Waals surface area contributed by atoms with E-state index in [1.165, 1.54) is 5.56 Å². The van der Waals surface area contributed by atoms with Crippen molar-refractivity contribution in [1.29, 1.82) is 0 Å². The molecule has 1 aliphatic carbocycles. The molecule has 4 heteroatoms. The van der Waals surface area contributed by atoms with E-state index in [2.05, 4.69) is 50.3 Å². The van der Waals surface area contributed by atoms with Crippen LogP contribution in [-0.4, -0.2) is 45.1 Å². The van der Waals surface area contributed by atoms with Gasteiger partial charge in [0.1, 0.15) is 5.75 Å². The van der Waals surface area contributed by atoms with Crippen LogP contribution in [0.25, 0.3) is 0 Å². The first-order valence-electron chi connectivity index (χ1n) is 7.89. The van der Waals surface area contributed by atoms with Crippen LogP contribution in [0.15, 0.2) is 24.3 Å². The van der Waals surface area contributed by atoms with Gasteiger partial charge in [0.25, 0.3) is 0 Å². The number of carbonyl (C=O) groups is 1. The predicted molar refractivity (Wildman–Crippen MR) is 89.2 cm³/mol. The van der Waals surface area contributed by atoms with Crippen molar-refractivity contribution in [2.45, 2.75) is 26.2 Å². The van der Waals surface area contributed by atoms with Gasteiger partial charge in [-0.25, -0.2) is 0 Å². The maximum atomic E-state index is 12.3. The van der Waals surface area contributed by atoms with Crippen molar-refractivity contribution in [3.63, 3.8) is 0 Å². The predicted octanol–water partition coefficient (Wildman–Crippen LogP) is 2.50. The SMILES string of the molecule is COc1ccc([C@@H]2C[C@H]2C(=O)NCC(C)(C)CN(C)C)cc1. The Labute approximate surface area is 133 Å². The number of benzene rings is 1. The van der Waals surface area contributed by atoms with Gasteiger partial charge < -0.3 is 15.0 Å². The average Bonchev–Trinajstić information content (AvgIpc) is 3.24. The monoisotopic (exact) mass is 304 g/mol. The summed E-state index contributed by atoms with van der Waals surface area (Å²) in [5.41, 5.74) is 1.32. The lowest BCUT2D eigenvalue weighted by Gasteiger charge is -2.28. The Morgan fingerprint density at radius 1 is 1.32 bits per heavy atom. The van der Waals surface area contributed by atoms with Gasteiger partial charge in [-0.3, -0.25) is 4.79 Å². The lowest BCUT2D eigenvalue weighted by Crippen LogP contribution is -2.40. The number of nitrogens with zero attached hydrogens (tertiary/aromatic N) is 1. The highest BCUT2D eigenvalue weighted by Gasteiger charge is 2.44. The molecule has 1 amide bonds. The number of ether oxygens (including phenoxy) is 1. The quantitative estimate of drug-likeness (QED) is 0.841. The van der Waals surface area contributed by atoms with Crippen molar-refractivity contribution in [2.24, 2.45) is 11.3 Å². The topological polar surface area (TPSA) is 41.6 Å². The lowest BCUT2D eigenvalue weighted by atomic mass is 9.93. The van der Waals surface area contributed by atoms with Gasteiger partial charge in [-0.1, -0.05) is 26.0 Å². The van der Waals surface area contributed by atoms with Crippen LogP contribution in [0.3, 0.4) is 0 Å². The van der Waals surface area contributed by atoms with Crippen molar-refractivity contribution in [3.05, 3.63) is 29.8 Å². The molecule has 122 valence electrons. The van der Waals surface area contributed by atoms with Crippen LogP contribution in [0.2, 0.25) is 0 Å². The molecule has 0 unspecified atom stereocenters. The first-order valence-corrected chi connectivity index (χ1v) is 7.89. The molecular formula is C18H28N2O2. The van der Waals surface area contributed by atoms with Gasteiger partial charge in [0.05, 0.1) is 7.11 Å². The molecule has 0 aliphatic heterocycles. The Morgan fingerprint density at radius 2 is 1.95 bits per heavy atom. The fourth-order valence-electron chi connectivity index (χ4n) is 3.07. The summed E-state index contributed by atoms with van der Waals surface area (Å²) in [4.78, 5) is 14.5. The van der Waals surface area contributed by atoms with E-state index >= 15 is 0 Å². The molecule has 2 atom stereocenters. The number of methoxy groups -OCH3 is 1. The second-order valence-electron chi connectivity index (χ2n) is 7.34. The smallest absolute Gasteiger partial charge is 0.223 e. The average molecular weight is 304 g/mol. The minimum absolute atomic E-state index is 0.0870. The number of nitrogens with one attached hydrogen (secondary N) is 1. The molecule has 2 rings (SSSR count). The van der Waals surface area contributed by atoms with Crippen LogP contribution in [0, 0.1) is 11.3 Å². The van der Waals surface area contributed by atoms with Crippen LogP contribution in [0.1, 0.15) is 31.7 Å². The summed E-state index contributed by atoms with van der Waals surface area (Å²) < 4.78 is 5.17. The maximum Gasteiger partial charge on any atom is 0.223 e. The zero-order chi connectivity index (χ0) is 16.3. The van der Waals surface area contributed by atoms with E-state index in [9.17, 15) is 4.79 Å². The van der Waals surface area contributed by atoms with Gasteiger partial charge in [0.2, 0.25) is 5.91 Å². The van der Waals surface area contributed by atoms with Crippen molar-refractivity contribution in [1.82, 2.24) is 10.2 Å². The molecule has 0 spiro atoms. The summed E-state index contributed by atoms with van der Waals surface area (Å²) in [6.07, 6.45) is 0.951. The number of carbonyl (C=O) groups excluding carboxylic acids is 1. The summed E-state index contributed by atoms with van der Waals surface area (Å²) >= 11 is 0. The number of rotatable bonds is 7. The summed E-state index contributed by atoms with van der Waals surface area (Å²) in [6.45, 7) is 6.04. The molecule has 1 N–H and O–H groups in total. The number of hydrogen-bond donors (Lipinski definition) is 1. The van der Waals surface area contributed by atoms with Crippen molar-refractivity contribution in [3.8, 4) is 5.75 Å². The molecule has 0 heterocycles. The molecule has 22 heavy (non-hydrogen) atoms. The Kier molecular flexibility index (Phi) is 5.12. The molecular weight excluding hydrogens is 276 g/mol. The van der Waals surface area contributed by atoms with E-state index in [1.54, 1.807) is 7.11 Å². The summed E-state index contributed by atoms with van der Waals surface area (Å²) in [5.74, 6) is 1.54. The lowest BCUT2D eigenvalue weighted by molar-refractivity contribution is -0.122. The highest BCUT2D eigenvalue weighted by Crippen LogP contribution is 2.47. The van der Waals surface area contributed by atoms with Crippen LogP contribution in [0.4, 0.5) is 0 Å². The fraction of sp³-hybridized carbons (Fsp3) is 0.611. The molecule has 1 aliphatic rings.